The van der Waals surface area contributed by atoms with Crippen LogP contribution in [0, 0.1) is 0 Å². The Balaban J connectivity index is 3.23. The highest BCUT2D eigenvalue weighted by molar-refractivity contribution is 5.69. The molecule has 0 aromatic heterocycles. The molecule has 0 atom stereocenters. The van der Waals surface area contributed by atoms with E-state index in [4.69, 9.17) is 18.9 Å². The van der Waals surface area contributed by atoms with E-state index in [0.717, 1.165) is 25.7 Å². The maximum atomic E-state index is 11.8. The van der Waals surface area contributed by atoms with Crippen molar-refractivity contribution in [2.24, 2.45) is 0 Å². The van der Waals surface area contributed by atoms with Crippen LogP contribution in [0.25, 0.3) is 0 Å². The molecular formula is C32H62O6. The van der Waals surface area contributed by atoms with Crippen LogP contribution >= 0.6 is 0 Å². The lowest BCUT2D eigenvalue weighted by molar-refractivity contribution is -0.147. The molecule has 0 N–H and O–H groups in total. The van der Waals surface area contributed by atoms with E-state index >= 15 is 0 Å². The van der Waals surface area contributed by atoms with E-state index in [1.54, 1.807) is 0 Å². The summed E-state index contributed by atoms with van der Waals surface area (Å²) in [5.41, 5.74) is 0. The van der Waals surface area contributed by atoms with Gasteiger partial charge in [0, 0.05) is 12.8 Å². The predicted octanol–water partition coefficient (Wildman–Crippen LogP) is 8.73. The Kier molecular flexibility index (Phi) is 31.1. The normalized spacial score (nSPS) is 11.1. The first kappa shape index (κ1) is 36.9. The first-order chi connectivity index (χ1) is 18.7. The Morgan fingerprint density at radius 2 is 0.632 bits per heavy atom. The molecule has 0 aliphatic heterocycles. The minimum Gasteiger partial charge on any atom is -0.463 e. The first-order valence-electron chi connectivity index (χ1n) is 16.2. The van der Waals surface area contributed by atoms with E-state index in [0.29, 0.717) is 39.3 Å². The van der Waals surface area contributed by atoms with Crippen molar-refractivity contribution >= 4 is 11.9 Å². The summed E-state index contributed by atoms with van der Waals surface area (Å²) < 4.78 is 21.2. The predicted molar refractivity (Wildman–Crippen MR) is 156 cm³/mol. The zero-order valence-electron chi connectivity index (χ0n) is 25.2. The monoisotopic (exact) mass is 542 g/mol. The largest absolute Gasteiger partial charge is 0.463 e. The van der Waals surface area contributed by atoms with Gasteiger partial charge in [0.05, 0.1) is 26.4 Å². The van der Waals surface area contributed by atoms with E-state index in [-0.39, 0.29) is 25.2 Å². The molecule has 0 saturated carbocycles. The molecular weight excluding hydrogens is 480 g/mol. The first-order valence-corrected chi connectivity index (χ1v) is 16.2. The topological polar surface area (TPSA) is 71.1 Å². The Labute approximate surface area is 235 Å². The Morgan fingerprint density at radius 3 is 0.947 bits per heavy atom. The fraction of sp³-hybridized carbons (Fsp3) is 0.938. The zero-order valence-corrected chi connectivity index (χ0v) is 25.2. The highest BCUT2D eigenvalue weighted by Gasteiger charge is 2.04. The fourth-order valence-corrected chi connectivity index (χ4v) is 4.41. The van der Waals surface area contributed by atoms with Crippen molar-refractivity contribution in [3.05, 3.63) is 0 Å². The van der Waals surface area contributed by atoms with Crippen LogP contribution in [0.1, 0.15) is 155 Å². The number of esters is 2. The second-order valence-corrected chi connectivity index (χ2v) is 10.5. The van der Waals surface area contributed by atoms with Crippen LogP contribution in [-0.4, -0.2) is 51.6 Å². The van der Waals surface area contributed by atoms with Crippen LogP contribution < -0.4 is 0 Å². The van der Waals surface area contributed by atoms with Gasteiger partial charge in [-0.15, -0.1) is 0 Å². The Morgan fingerprint density at radius 1 is 0.368 bits per heavy atom. The third kappa shape index (κ3) is 31.1. The molecule has 0 rings (SSSR count). The van der Waals surface area contributed by atoms with Gasteiger partial charge in [-0.3, -0.25) is 9.59 Å². The van der Waals surface area contributed by atoms with Gasteiger partial charge < -0.3 is 18.9 Å². The SMILES string of the molecule is CCCCCCCCCCCCCCCC(=O)OCCOCCOCCOC(=O)CCCCCCCCC. The van der Waals surface area contributed by atoms with Crippen LogP contribution in [0.2, 0.25) is 0 Å². The standard InChI is InChI=1S/C32H62O6/c1-3-5-7-9-11-12-13-14-15-16-18-20-22-24-32(34)38-30-28-36-26-25-35-27-29-37-31(33)23-21-19-17-10-8-6-4-2/h3-30H2,1-2H3. The highest BCUT2D eigenvalue weighted by atomic mass is 16.6. The maximum Gasteiger partial charge on any atom is 0.305 e. The average molecular weight is 543 g/mol. The van der Waals surface area contributed by atoms with Crippen molar-refractivity contribution in [1.82, 2.24) is 0 Å². The molecule has 0 fully saturated rings. The van der Waals surface area contributed by atoms with E-state index in [1.165, 1.54) is 103 Å². The van der Waals surface area contributed by atoms with Crippen molar-refractivity contribution < 1.29 is 28.5 Å². The molecule has 6 heteroatoms. The van der Waals surface area contributed by atoms with Gasteiger partial charge >= 0.3 is 11.9 Å². The summed E-state index contributed by atoms with van der Waals surface area (Å²) in [4.78, 5) is 23.5. The molecule has 0 aliphatic carbocycles. The number of ether oxygens (including phenoxy) is 4. The summed E-state index contributed by atoms with van der Waals surface area (Å²) in [7, 11) is 0. The lowest BCUT2D eigenvalue weighted by Gasteiger charge is -2.08. The van der Waals surface area contributed by atoms with Crippen molar-refractivity contribution in [2.45, 2.75) is 155 Å². The number of carbonyl (C=O) groups excluding carboxylic acids is 2. The molecule has 0 aromatic carbocycles. The van der Waals surface area contributed by atoms with Gasteiger partial charge in [-0.1, -0.05) is 129 Å². The molecule has 0 amide bonds. The average Bonchev–Trinajstić information content (AvgIpc) is 2.91. The second kappa shape index (κ2) is 32.1. The number of unbranched alkanes of at least 4 members (excludes halogenated alkanes) is 18. The molecule has 0 spiro atoms. The lowest BCUT2D eigenvalue weighted by Crippen LogP contribution is -2.15. The van der Waals surface area contributed by atoms with Gasteiger partial charge in [0.15, 0.2) is 0 Å². The summed E-state index contributed by atoms with van der Waals surface area (Å²) in [6.07, 6.45) is 26.2. The molecule has 0 unspecified atom stereocenters. The van der Waals surface area contributed by atoms with Gasteiger partial charge in [-0.25, -0.2) is 0 Å². The van der Waals surface area contributed by atoms with E-state index in [1.807, 2.05) is 0 Å². The van der Waals surface area contributed by atoms with Crippen LogP contribution in [0.3, 0.4) is 0 Å². The molecule has 226 valence electrons. The van der Waals surface area contributed by atoms with Crippen LogP contribution in [0.15, 0.2) is 0 Å². The van der Waals surface area contributed by atoms with Gasteiger partial charge in [-0.2, -0.15) is 0 Å². The zero-order chi connectivity index (χ0) is 27.8. The van der Waals surface area contributed by atoms with Crippen molar-refractivity contribution in [2.75, 3.05) is 39.6 Å². The summed E-state index contributed by atoms with van der Waals surface area (Å²) in [6.45, 7) is 6.67. The smallest absolute Gasteiger partial charge is 0.305 e. The molecule has 0 aromatic rings. The second-order valence-electron chi connectivity index (χ2n) is 10.5. The van der Waals surface area contributed by atoms with E-state index < -0.39 is 0 Å². The fourth-order valence-electron chi connectivity index (χ4n) is 4.41. The molecule has 38 heavy (non-hydrogen) atoms. The molecule has 0 radical (unpaired) electrons. The highest BCUT2D eigenvalue weighted by Crippen LogP contribution is 2.13. The minimum atomic E-state index is -0.140. The molecule has 0 heterocycles. The summed E-state index contributed by atoms with van der Waals surface area (Å²) >= 11 is 0. The summed E-state index contributed by atoms with van der Waals surface area (Å²) in [5.74, 6) is -0.273. The molecule has 0 aliphatic rings. The molecule has 0 bridgehead atoms. The minimum absolute atomic E-state index is 0.133. The quantitative estimate of drug-likeness (QED) is 0.0644. The van der Waals surface area contributed by atoms with Crippen LogP contribution in [0.4, 0.5) is 0 Å². The van der Waals surface area contributed by atoms with Gasteiger partial charge in [0.25, 0.3) is 0 Å². The van der Waals surface area contributed by atoms with Gasteiger partial charge in [-0.05, 0) is 12.8 Å². The van der Waals surface area contributed by atoms with Crippen molar-refractivity contribution in [1.29, 1.82) is 0 Å². The Hall–Kier alpha value is -1.14. The number of hydrogen-bond donors (Lipinski definition) is 0. The number of hydrogen-bond acceptors (Lipinski definition) is 6. The maximum absolute atomic E-state index is 11.8. The van der Waals surface area contributed by atoms with Gasteiger partial charge in [0.1, 0.15) is 13.2 Å². The third-order valence-electron chi connectivity index (χ3n) is 6.82. The van der Waals surface area contributed by atoms with Crippen molar-refractivity contribution in [3.8, 4) is 0 Å². The van der Waals surface area contributed by atoms with Gasteiger partial charge in [0.2, 0.25) is 0 Å². The van der Waals surface area contributed by atoms with Crippen LogP contribution in [-0.2, 0) is 28.5 Å². The number of rotatable bonds is 31. The van der Waals surface area contributed by atoms with Crippen LogP contribution in [0.5, 0.6) is 0 Å². The molecule has 6 nitrogen and oxygen atoms in total. The number of carbonyl (C=O) groups is 2. The van der Waals surface area contributed by atoms with E-state index in [2.05, 4.69) is 13.8 Å². The summed E-state index contributed by atoms with van der Waals surface area (Å²) in [5, 5.41) is 0. The Bertz CT molecular complexity index is 496. The lowest BCUT2D eigenvalue weighted by atomic mass is 10.0. The molecule has 0 saturated heterocycles. The summed E-state index contributed by atoms with van der Waals surface area (Å²) in [6, 6.07) is 0. The van der Waals surface area contributed by atoms with E-state index in [9.17, 15) is 9.59 Å². The van der Waals surface area contributed by atoms with Crippen molar-refractivity contribution in [3.63, 3.8) is 0 Å². The third-order valence-corrected chi connectivity index (χ3v) is 6.82.